The summed E-state index contributed by atoms with van der Waals surface area (Å²) >= 11 is 0. The fourth-order valence-corrected chi connectivity index (χ4v) is 1.44. The van der Waals surface area contributed by atoms with Gasteiger partial charge in [-0.2, -0.15) is 4.52 Å². The SMILES string of the molecule is C=CCN(CC(=O)O)c1cncc2nnnn12. The quantitative estimate of drug-likeness (QED) is 0.703. The molecule has 0 atom stereocenters. The van der Waals surface area contributed by atoms with Gasteiger partial charge in [0.15, 0.2) is 11.5 Å². The maximum absolute atomic E-state index is 10.8. The fraction of sp³-hybridized carbons (Fsp3) is 0.222. The first-order valence-electron chi connectivity index (χ1n) is 4.82. The lowest BCUT2D eigenvalue weighted by Crippen LogP contribution is -2.31. The summed E-state index contributed by atoms with van der Waals surface area (Å²) in [5.41, 5.74) is 0.460. The van der Waals surface area contributed by atoms with Gasteiger partial charge in [0.1, 0.15) is 6.54 Å². The average molecular weight is 234 g/mol. The van der Waals surface area contributed by atoms with Crippen molar-refractivity contribution in [1.82, 2.24) is 25.0 Å². The predicted molar refractivity (Wildman–Crippen MR) is 58.6 cm³/mol. The third kappa shape index (κ3) is 2.19. The van der Waals surface area contributed by atoms with Crippen LogP contribution in [0.15, 0.2) is 25.0 Å². The monoisotopic (exact) mass is 234 g/mol. The molecule has 2 aromatic rings. The number of hydrogen-bond acceptors (Lipinski definition) is 6. The summed E-state index contributed by atoms with van der Waals surface area (Å²) < 4.78 is 1.43. The first-order valence-corrected chi connectivity index (χ1v) is 4.82. The highest BCUT2D eigenvalue weighted by molar-refractivity contribution is 5.73. The number of aliphatic carboxylic acids is 1. The van der Waals surface area contributed by atoms with E-state index in [0.717, 1.165) is 0 Å². The molecule has 0 aliphatic carbocycles. The summed E-state index contributed by atoms with van der Waals surface area (Å²) in [7, 11) is 0. The van der Waals surface area contributed by atoms with Crippen molar-refractivity contribution in [2.24, 2.45) is 0 Å². The highest BCUT2D eigenvalue weighted by atomic mass is 16.4. The minimum atomic E-state index is -0.947. The summed E-state index contributed by atoms with van der Waals surface area (Å²) in [6.07, 6.45) is 4.61. The third-order valence-electron chi connectivity index (χ3n) is 2.09. The van der Waals surface area contributed by atoms with Gasteiger partial charge < -0.3 is 10.0 Å². The Morgan fingerprint density at radius 2 is 2.41 bits per heavy atom. The molecule has 17 heavy (non-hydrogen) atoms. The summed E-state index contributed by atoms with van der Waals surface area (Å²) in [5.74, 6) is -0.438. The molecule has 2 heterocycles. The number of carboxylic acids is 1. The van der Waals surface area contributed by atoms with E-state index in [1.165, 1.54) is 16.9 Å². The lowest BCUT2D eigenvalue weighted by molar-refractivity contribution is -0.135. The van der Waals surface area contributed by atoms with Crippen molar-refractivity contribution in [2.45, 2.75) is 0 Å². The Morgan fingerprint density at radius 3 is 3.12 bits per heavy atom. The van der Waals surface area contributed by atoms with Crippen molar-refractivity contribution in [3.63, 3.8) is 0 Å². The highest BCUT2D eigenvalue weighted by Crippen LogP contribution is 2.12. The third-order valence-corrected chi connectivity index (χ3v) is 2.09. The molecule has 1 N–H and O–H groups in total. The summed E-state index contributed by atoms with van der Waals surface area (Å²) in [6, 6.07) is 0. The Bertz CT molecular complexity index is 551. The van der Waals surface area contributed by atoms with E-state index >= 15 is 0 Å². The van der Waals surface area contributed by atoms with Crippen molar-refractivity contribution in [3.8, 4) is 0 Å². The molecule has 0 fully saturated rings. The van der Waals surface area contributed by atoms with E-state index < -0.39 is 5.97 Å². The van der Waals surface area contributed by atoms with Gasteiger partial charge in [0, 0.05) is 6.54 Å². The summed E-state index contributed by atoms with van der Waals surface area (Å²) in [6.45, 7) is 3.78. The topological polar surface area (TPSA) is 96.5 Å². The molecule has 0 saturated heterocycles. The van der Waals surface area contributed by atoms with Gasteiger partial charge in [0.2, 0.25) is 0 Å². The molecule has 0 unspecified atom stereocenters. The Hall–Kier alpha value is -2.51. The maximum atomic E-state index is 10.8. The molecule has 2 rings (SSSR count). The second kappa shape index (κ2) is 4.56. The zero-order valence-electron chi connectivity index (χ0n) is 8.89. The first-order chi connectivity index (χ1) is 8.22. The van der Waals surface area contributed by atoms with Gasteiger partial charge in [0.25, 0.3) is 0 Å². The molecule has 0 aliphatic rings. The molecule has 0 spiro atoms. The van der Waals surface area contributed by atoms with Crippen LogP contribution in [0.3, 0.4) is 0 Å². The molecule has 0 bridgehead atoms. The number of anilines is 1. The summed E-state index contributed by atoms with van der Waals surface area (Å²) in [5, 5.41) is 19.9. The normalized spacial score (nSPS) is 10.4. The maximum Gasteiger partial charge on any atom is 0.323 e. The van der Waals surface area contributed by atoms with E-state index in [2.05, 4.69) is 27.1 Å². The molecular weight excluding hydrogens is 224 g/mol. The van der Waals surface area contributed by atoms with Gasteiger partial charge in [-0.05, 0) is 10.4 Å². The van der Waals surface area contributed by atoms with Crippen LogP contribution >= 0.6 is 0 Å². The molecule has 88 valence electrons. The van der Waals surface area contributed by atoms with Gasteiger partial charge in [0.05, 0.1) is 12.4 Å². The number of nitrogens with zero attached hydrogens (tertiary/aromatic N) is 6. The average Bonchev–Trinajstić information content (AvgIpc) is 2.75. The van der Waals surface area contributed by atoms with Crippen LogP contribution in [-0.4, -0.2) is 49.2 Å². The van der Waals surface area contributed by atoms with E-state index in [1.54, 1.807) is 11.0 Å². The number of carboxylic acid groups (broad SMARTS) is 1. The van der Waals surface area contributed by atoms with Crippen LogP contribution in [0.2, 0.25) is 0 Å². The Labute approximate surface area is 96.2 Å². The lowest BCUT2D eigenvalue weighted by Gasteiger charge is -2.20. The minimum absolute atomic E-state index is 0.174. The lowest BCUT2D eigenvalue weighted by atomic mass is 10.4. The van der Waals surface area contributed by atoms with Crippen LogP contribution in [0.25, 0.3) is 5.65 Å². The van der Waals surface area contributed by atoms with Crippen molar-refractivity contribution in [2.75, 3.05) is 18.0 Å². The Balaban J connectivity index is 2.43. The van der Waals surface area contributed by atoms with Gasteiger partial charge in [-0.3, -0.25) is 9.78 Å². The first kappa shape index (κ1) is 11.0. The van der Waals surface area contributed by atoms with Crippen molar-refractivity contribution in [1.29, 1.82) is 0 Å². The fourth-order valence-electron chi connectivity index (χ4n) is 1.44. The van der Waals surface area contributed by atoms with Crippen molar-refractivity contribution in [3.05, 3.63) is 25.0 Å². The van der Waals surface area contributed by atoms with Gasteiger partial charge in [-0.25, -0.2) is 0 Å². The number of hydrogen-bond donors (Lipinski definition) is 1. The number of tetrazole rings is 1. The Kier molecular flexibility index (Phi) is 2.95. The molecule has 0 amide bonds. The van der Waals surface area contributed by atoms with Crippen molar-refractivity contribution >= 4 is 17.4 Å². The van der Waals surface area contributed by atoms with Gasteiger partial charge in [-0.1, -0.05) is 6.08 Å². The standard InChI is InChI=1S/C9H10N6O2/c1-2-3-14(6-9(16)17)8-5-10-4-7-11-12-13-15(7)8/h2,4-5H,1,3,6H2,(H,16,17). The van der Waals surface area contributed by atoms with Crippen LogP contribution in [0.1, 0.15) is 0 Å². The molecule has 0 aromatic carbocycles. The number of fused-ring (bicyclic) bond motifs is 1. The van der Waals surface area contributed by atoms with Crippen LogP contribution < -0.4 is 4.90 Å². The molecule has 2 aromatic heterocycles. The molecule has 8 heteroatoms. The minimum Gasteiger partial charge on any atom is -0.480 e. The second-order valence-corrected chi connectivity index (χ2v) is 3.28. The zero-order valence-corrected chi connectivity index (χ0v) is 8.89. The van der Waals surface area contributed by atoms with E-state index in [-0.39, 0.29) is 6.54 Å². The van der Waals surface area contributed by atoms with Crippen LogP contribution in [0.4, 0.5) is 5.82 Å². The second-order valence-electron chi connectivity index (χ2n) is 3.28. The zero-order chi connectivity index (χ0) is 12.3. The molecule has 0 aliphatic heterocycles. The van der Waals surface area contributed by atoms with Crippen LogP contribution in [0, 0.1) is 0 Å². The van der Waals surface area contributed by atoms with Crippen molar-refractivity contribution < 1.29 is 9.90 Å². The van der Waals surface area contributed by atoms with Gasteiger partial charge in [-0.15, -0.1) is 11.7 Å². The van der Waals surface area contributed by atoms with Crippen LogP contribution in [-0.2, 0) is 4.79 Å². The number of rotatable bonds is 5. The Morgan fingerprint density at radius 1 is 1.59 bits per heavy atom. The largest absolute Gasteiger partial charge is 0.480 e. The van der Waals surface area contributed by atoms with E-state index in [0.29, 0.717) is 18.0 Å². The highest BCUT2D eigenvalue weighted by Gasteiger charge is 2.14. The summed E-state index contributed by atoms with van der Waals surface area (Å²) in [4.78, 5) is 16.3. The molecular formula is C9H10N6O2. The van der Waals surface area contributed by atoms with E-state index in [1.807, 2.05) is 0 Å². The molecule has 8 nitrogen and oxygen atoms in total. The van der Waals surface area contributed by atoms with E-state index in [9.17, 15) is 4.79 Å². The predicted octanol–water partition coefficient (Wildman–Crippen LogP) is -0.404. The molecule has 0 saturated carbocycles. The number of aromatic nitrogens is 5. The molecule has 0 radical (unpaired) electrons. The smallest absolute Gasteiger partial charge is 0.323 e. The van der Waals surface area contributed by atoms with Gasteiger partial charge >= 0.3 is 5.97 Å². The van der Waals surface area contributed by atoms with Crippen LogP contribution in [0.5, 0.6) is 0 Å². The van der Waals surface area contributed by atoms with E-state index in [4.69, 9.17) is 5.11 Å². The number of carbonyl (C=O) groups is 1.